The Hall–Kier alpha value is -3.81. The molecule has 0 aliphatic heterocycles. The number of aliphatic carboxylic acids is 1. The normalized spacial score (nSPS) is 12.4. The van der Waals surface area contributed by atoms with Crippen LogP contribution in [0.5, 0.6) is 0 Å². The molecule has 6 N–H and O–H groups in total. The predicted octanol–water partition coefficient (Wildman–Crippen LogP) is 1.26. The van der Waals surface area contributed by atoms with Crippen LogP contribution < -0.4 is 15.9 Å². The summed E-state index contributed by atoms with van der Waals surface area (Å²) >= 11 is 5.99. The van der Waals surface area contributed by atoms with E-state index in [1.54, 1.807) is 24.3 Å². The van der Waals surface area contributed by atoms with E-state index in [1.807, 2.05) is 0 Å². The molecule has 2 atom stereocenters. The third kappa shape index (κ3) is 8.38. The van der Waals surface area contributed by atoms with Crippen LogP contribution in [0.3, 0.4) is 0 Å². The lowest BCUT2D eigenvalue weighted by molar-refractivity contribution is -0.142. The van der Waals surface area contributed by atoms with Gasteiger partial charge >= 0.3 is 13.0 Å². The maximum absolute atomic E-state index is 14.2. The van der Waals surface area contributed by atoms with Crippen LogP contribution in [0.15, 0.2) is 48.7 Å². The third-order valence-electron chi connectivity index (χ3n) is 5.37. The van der Waals surface area contributed by atoms with E-state index in [9.17, 15) is 28.9 Å². The number of nitrogens with one attached hydrogen (secondary N) is 4. The van der Waals surface area contributed by atoms with Gasteiger partial charge in [0.15, 0.2) is 5.69 Å². The molecule has 2 amide bonds. The molecule has 0 spiro atoms. The molecular formula is C23H25BClFN6O5. The summed E-state index contributed by atoms with van der Waals surface area (Å²) in [5.74, 6) is -2.94. The number of nitrogens with zero attached hydrogens (tertiary/aromatic N) is 2. The minimum absolute atomic E-state index is 0.00817. The number of halogens is 2. The number of carboxylic acids is 1. The fraction of sp³-hybridized carbons (Fsp3) is 0.261. The van der Waals surface area contributed by atoms with Crippen molar-refractivity contribution in [2.75, 3.05) is 6.54 Å². The highest BCUT2D eigenvalue weighted by atomic mass is 35.5. The summed E-state index contributed by atoms with van der Waals surface area (Å²) in [5.41, 5.74) is 1.65. The number of aromatic amines is 1. The second-order valence-corrected chi connectivity index (χ2v) is 8.74. The van der Waals surface area contributed by atoms with Gasteiger partial charge in [-0.3, -0.25) is 9.59 Å². The molecule has 0 aliphatic rings. The molecule has 11 nitrogen and oxygen atoms in total. The maximum Gasteiger partial charge on any atom is 0.374 e. The van der Waals surface area contributed by atoms with E-state index >= 15 is 0 Å². The summed E-state index contributed by atoms with van der Waals surface area (Å²) in [6, 6.07) is 9.02. The highest BCUT2D eigenvalue weighted by molar-refractivity contribution is 6.45. The molecule has 0 bridgehead atoms. The minimum Gasteiger partial charge on any atom is -0.480 e. The maximum atomic E-state index is 14.2. The monoisotopic (exact) mass is 530 g/mol. The zero-order valence-corrected chi connectivity index (χ0v) is 20.5. The van der Waals surface area contributed by atoms with Crippen LogP contribution in [0.25, 0.3) is 11.1 Å². The van der Waals surface area contributed by atoms with Gasteiger partial charge < -0.3 is 26.0 Å². The molecule has 37 heavy (non-hydrogen) atoms. The fourth-order valence-electron chi connectivity index (χ4n) is 3.58. The average Bonchev–Trinajstić information content (AvgIpc) is 3.39. The van der Waals surface area contributed by atoms with Crippen LogP contribution in [0.4, 0.5) is 4.39 Å². The highest BCUT2D eigenvalue weighted by Gasteiger charge is 2.26. The number of benzene rings is 2. The molecule has 0 unspecified atom stereocenters. The fourth-order valence-corrected chi connectivity index (χ4v) is 3.75. The first-order valence-electron chi connectivity index (χ1n) is 11.3. The highest BCUT2D eigenvalue weighted by Crippen LogP contribution is 2.26. The van der Waals surface area contributed by atoms with E-state index in [0.717, 1.165) is 5.56 Å². The van der Waals surface area contributed by atoms with Crippen molar-refractivity contribution < 1.29 is 28.9 Å². The Morgan fingerprint density at radius 2 is 1.89 bits per heavy atom. The molecule has 3 rings (SSSR count). The Kier molecular flexibility index (Phi) is 9.72. The summed E-state index contributed by atoms with van der Waals surface area (Å²) in [5, 5.41) is 36.6. The first kappa shape index (κ1) is 27.8. The Bertz CT molecular complexity index is 1230. The van der Waals surface area contributed by atoms with Gasteiger partial charge in [-0.1, -0.05) is 35.9 Å². The molecular weight excluding hydrogens is 506 g/mol. The van der Waals surface area contributed by atoms with Crippen molar-refractivity contribution in [3.05, 3.63) is 70.8 Å². The van der Waals surface area contributed by atoms with Crippen LogP contribution in [-0.4, -0.2) is 69.0 Å². The molecule has 1 aromatic heterocycles. The van der Waals surface area contributed by atoms with Crippen LogP contribution in [-0.2, 0) is 16.0 Å². The van der Waals surface area contributed by atoms with Crippen LogP contribution in [0.2, 0.25) is 11.8 Å². The Labute approximate surface area is 216 Å². The van der Waals surface area contributed by atoms with E-state index in [4.69, 9.17) is 11.6 Å². The number of rotatable bonds is 12. The van der Waals surface area contributed by atoms with Crippen LogP contribution >= 0.6 is 11.6 Å². The lowest BCUT2D eigenvalue weighted by atomic mass is 9.89. The molecule has 0 radical (unpaired) electrons. The smallest absolute Gasteiger partial charge is 0.374 e. The molecule has 0 saturated carbocycles. The number of carbonyl (C=O) groups is 3. The first-order valence-corrected chi connectivity index (χ1v) is 11.6. The molecule has 194 valence electrons. The Balaban J connectivity index is 1.77. The van der Waals surface area contributed by atoms with Crippen LogP contribution in [0, 0.1) is 5.82 Å². The van der Waals surface area contributed by atoms with Gasteiger partial charge in [0.25, 0.3) is 5.91 Å². The number of aromatic nitrogens is 3. The second kappa shape index (κ2) is 12.9. The van der Waals surface area contributed by atoms with E-state index in [-0.39, 0.29) is 25.1 Å². The lowest BCUT2D eigenvalue weighted by Gasteiger charge is -2.23. The van der Waals surface area contributed by atoms with Gasteiger partial charge in [0, 0.05) is 16.6 Å². The molecule has 3 aromatic rings. The number of carbonyl (C=O) groups excluding carboxylic acids is 2. The number of carboxylic acid groups (broad SMARTS) is 1. The van der Waals surface area contributed by atoms with Crippen molar-refractivity contribution in [1.82, 2.24) is 31.3 Å². The standard InChI is InChI=1S/C23H25BClFN6O5/c1-24(37)27-12-21(33)30-19(23(35)36)10-16(29-22(34)20-11-28-32-31-20)8-13-2-4-14(5-3-13)17-9-15(25)6-7-18(17)26/h2-7,9,11,16,19,27,37H,8,10,12H2,1H3,(H,29,34)(H,30,33)(H,35,36)(H,28,31,32)/t16-,19-/m1/s1. The van der Waals surface area contributed by atoms with Crippen molar-refractivity contribution in [2.24, 2.45) is 0 Å². The van der Waals surface area contributed by atoms with E-state index in [2.05, 4.69) is 31.3 Å². The molecule has 0 fully saturated rings. The summed E-state index contributed by atoms with van der Waals surface area (Å²) in [4.78, 5) is 36.6. The summed E-state index contributed by atoms with van der Waals surface area (Å²) in [7, 11) is -0.952. The number of hydrogen-bond acceptors (Lipinski definition) is 7. The van der Waals surface area contributed by atoms with E-state index in [0.29, 0.717) is 16.1 Å². The largest absolute Gasteiger partial charge is 0.480 e. The van der Waals surface area contributed by atoms with Gasteiger partial charge in [-0.25, -0.2) is 9.18 Å². The third-order valence-corrected chi connectivity index (χ3v) is 5.60. The topological polar surface area (TPSA) is 169 Å². The number of amides is 2. The van der Waals surface area contributed by atoms with E-state index in [1.165, 1.54) is 31.2 Å². The van der Waals surface area contributed by atoms with Gasteiger partial charge in [-0.05, 0) is 49.0 Å². The van der Waals surface area contributed by atoms with Gasteiger partial charge in [0.1, 0.15) is 11.9 Å². The Morgan fingerprint density at radius 3 is 2.51 bits per heavy atom. The molecule has 14 heteroatoms. The van der Waals surface area contributed by atoms with Gasteiger partial charge in [-0.15, -0.1) is 0 Å². The SMILES string of the molecule is CB(O)NCC(=O)N[C@H](C[C@@H](Cc1ccc(-c2cc(Cl)ccc2F)cc1)NC(=O)c1cn[nH]n1)C(=O)O. The van der Waals surface area contributed by atoms with Crippen molar-refractivity contribution >= 4 is 36.4 Å². The molecule has 0 saturated heterocycles. The van der Waals surface area contributed by atoms with Gasteiger partial charge in [0.05, 0.1) is 12.7 Å². The number of H-pyrrole nitrogens is 1. The summed E-state index contributed by atoms with van der Waals surface area (Å²) < 4.78 is 14.2. The lowest BCUT2D eigenvalue weighted by Crippen LogP contribution is -2.50. The first-order chi connectivity index (χ1) is 17.6. The minimum atomic E-state index is -1.33. The van der Waals surface area contributed by atoms with Crippen molar-refractivity contribution in [3.8, 4) is 11.1 Å². The Morgan fingerprint density at radius 1 is 1.16 bits per heavy atom. The van der Waals surface area contributed by atoms with Crippen LogP contribution in [0.1, 0.15) is 22.5 Å². The van der Waals surface area contributed by atoms with Crippen molar-refractivity contribution in [2.45, 2.75) is 31.7 Å². The summed E-state index contributed by atoms with van der Waals surface area (Å²) in [6.45, 7) is 1.13. The van der Waals surface area contributed by atoms with Crippen molar-refractivity contribution in [3.63, 3.8) is 0 Å². The molecule has 2 aromatic carbocycles. The molecule has 1 heterocycles. The zero-order valence-electron chi connectivity index (χ0n) is 19.7. The average molecular weight is 531 g/mol. The number of hydrogen-bond donors (Lipinski definition) is 6. The quantitative estimate of drug-likeness (QED) is 0.190. The van der Waals surface area contributed by atoms with Gasteiger partial charge in [0.2, 0.25) is 5.91 Å². The predicted molar refractivity (Wildman–Crippen MR) is 134 cm³/mol. The van der Waals surface area contributed by atoms with E-state index < -0.39 is 42.7 Å². The zero-order chi connectivity index (χ0) is 26.9. The van der Waals surface area contributed by atoms with Gasteiger partial charge in [-0.2, -0.15) is 15.4 Å². The summed E-state index contributed by atoms with van der Waals surface area (Å²) in [6.07, 6.45) is 1.27. The molecule has 0 aliphatic carbocycles. The second-order valence-electron chi connectivity index (χ2n) is 8.30. The van der Waals surface area contributed by atoms with Crippen molar-refractivity contribution in [1.29, 1.82) is 0 Å².